The number of aromatic hydroxyl groups is 1. The van der Waals surface area contributed by atoms with Crippen LogP contribution in [-0.2, 0) is 6.42 Å². The van der Waals surface area contributed by atoms with Gasteiger partial charge in [0.25, 0.3) is 0 Å². The van der Waals surface area contributed by atoms with E-state index in [-0.39, 0.29) is 0 Å². The van der Waals surface area contributed by atoms with Gasteiger partial charge in [0, 0.05) is 0 Å². The molecule has 0 aromatic heterocycles. The number of rotatable bonds is 2. The molecule has 1 fully saturated rings. The maximum atomic E-state index is 10.0. The van der Waals surface area contributed by atoms with Crippen LogP contribution in [0.1, 0.15) is 35.1 Å². The van der Waals surface area contributed by atoms with Crippen molar-refractivity contribution in [3.8, 4) is 5.75 Å². The molecule has 0 amide bonds. The fourth-order valence-electron chi connectivity index (χ4n) is 2.85. The molecule has 2 nitrogen and oxygen atoms in total. The summed E-state index contributed by atoms with van der Waals surface area (Å²) in [4.78, 5) is 0. The summed E-state index contributed by atoms with van der Waals surface area (Å²) in [6.45, 7) is 8.50. The summed E-state index contributed by atoms with van der Waals surface area (Å²) in [6.07, 6.45) is 3.70. The van der Waals surface area contributed by atoms with Crippen molar-refractivity contribution < 1.29 is 5.11 Å². The third-order valence-corrected chi connectivity index (χ3v) is 5.22. The van der Waals surface area contributed by atoms with Gasteiger partial charge in [-0.25, -0.2) is 0 Å². The second-order valence-corrected chi connectivity index (χ2v) is 6.23. The average molecular weight is 312 g/mol. The van der Waals surface area contributed by atoms with Gasteiger partial charge in [0.2, 0.25) is 0 Å². The van der Waals surface area contributed by atoms with Crippen molar-refractivity contribution >= 4 is 15.9 Å². The first-order valence-corrected chi connectivity index (χ1v) is 7.49. The van der Waals surface area contributed by atoms with E-state index in [1.54, 1.807) is 0 Å². The Morgan fingerprint density at radius 3 is 2.56 bits per heavy atom. The zero-order valence-electron chi connectivity index (χ0n) is 11.4. The molecule has 0 saturated carbocycles. The zero-order chi connectivity index (χ0) is 13.3. The molecule has 0 bridgehead atoms. The number of hydrogen-bond acceptors (Lipinski definition) is 2. The molecular formula is C15H22BrNO. The van der Waals surface area contributed by atoms with Crippen molar-refractivity contribution in [3.05, 3.63) is 26.7 Å². The molecule has 1 saturated heterocycles. The van der Waals surface area contributed by atoms with Crippen LogP contribution in [0, 0.1) is 26.7 Å². The number of phenolic OH excluding ortho intramolecular Hbond substituents is 1. The SMILES string of the molecule is Cc1c(C)c(CC2CCCNC2)c(C)c(Br)c1O. The standard InChI is InChI=1S/C15H22BrNO/c1-9-10(2)15(18)14(16)11(3)13(9)7-12-5-4-6-17-8-12/h12,17-18H,4-8H2,1-3H3. The van der Waals surface area contributed by atoms with Crippen molar-refractivity contribution in [2.24, 2.45) is 5.92 Å². The predicted octanol–water partition coefficient (Wildman–Crippen LogP) is 3.62. The van der Waals surface area contributed by atoms with Crippen molar-refractivity contribution in [1.29, 1.82) is 0 Å². The Morgan fingerprint density at radius 1 is 1.22 bits per heavy atom. The molecule has 100 valence electrons. The maximum Gasteiger partial charge on any atom is 0.133 e. The normalized spacial score (nSPS) is 20.1. The molecule has 1 heterocycles. The molecule has 1 aromatic carbocycles. The number of piperidine rings is 1. The number of hydrogen-bond donors (Lipinski definition) is 2. The molecule has 2 N–H and O–H groups in total. The van der Waals surface area contributed by atoms with Crippen LogP contribution in [0.15, 0.2) is 4.47 Å². The van der Waals surface area contributed by atoms with Crippen molar-refractivity contribution in [3.63, 3.8) is 0 Å². The lowest BCUT2D eigenvalue weighted by Gasteiger charge is -2.25. The maximum absolute atomic E-state index is 10.0. The number of nitrogens with one attached hydrogen (secondary N) is 1. The Morgan fingerprint density at radius 2 is 1.94 bits per heavy atom. The van der Waals surface area contributed by atoms with Gasteiger partial charge < -0.3 is 10.4 Å². The monoisotopic (exact) mass is 311 g/mol. The lowest BCUT2D eigenvalue weighted by Crippen LogP contribution is -2.31. The minimum absolute atomic E-state index is 0.399. The predicted molar refractivity (Wildman–Crippen MR) is 79.3 cm³/mol. The van der Waals surface area contributed by atoms with Gasteiger partial charge in [0.05, 0.1) is 4.47 Å². The first kappa shape index (κ1) is 13.9. The minimum Gasteiger partial charge on any atom is -0.506 e. The van der Waals surface area contributed by atoms with Crippen LogP contribution in [0.4, 0.5) is 0 Å². The summed E-state index contributed by atoms with van der Waals surface area (Å²) < 4.78 is 0.865. The summed E-state index contributed by atoms with van der Waals surface area (Å²) in [5.41, 5.74) is 4.86. The molecule has 1 aliphatic rings. The Kier molecular flexibility index (Phi) is 4.33. The molecule has 18 heavy (non-hydrogen) atoms. The number of halogens is 1. The van der Waals surface area contributed by atoms with E-state index in [9.17, 15) is 5.11 Å². The second kappa shape index (κ2) is 5.62. The molecule has 0 spiro atoms. The van der Waals surface area contributed by atoms with Crippen LogP contribution in [0.3, 0.4) is 0 Å². The van der Waals surface area contributed by atoms with Gasteiger partial charge in [0.15, 0.2) is 0 Å². The van der Waals surface area contributed by atoms with Crippen LogP contribution in [0.2, 0.25) is 0 Å². The van der Waals surface area contributed by atoms with Crippen LogP contribution in [-0.4, -0.2) is 18.2 Å². The van der Waals surface area contributed by atoms with Gasteiger partial charge in [-0.2, -0.15) is 0 Å². The summed E-state index contributed by atoms with van der Waals surface area (Å²) >= 11 is 3.51. The van der Waals surface area contributed by atoms with Gasteiger partial charge in [0.1, 0.15) is 5.75 Å². The highest BCUT2D eigenvalue weighted by atomic mass is 79.9. The average Bonchev–Trinajstić information content (AvgIpc) is 2.40. The number of phenols is 1. The third kappa shape index (κ3) is 2.57. The van der Waals surface area contributed by atoms with E-state index in [0.29, 0.717) is 5.75 Å². The van der Waals surface area contributed by atoms with Gasteiger partial charge >= 0.3 is 0 Å². The zero-order valence-corrected chi connectivity index (χ0v) is 13.0. The van der Waals surface area contributed by atoms with E-state index in [2.05, 4.69) is 35.1 Å². The summed E-state index contributed by atoms with van der Waals surface area (Å²) in [6, 6.07) is 0. The highest BCUT2D eigenvalue weighted by Crippen LogP contribution is 2.37. The fourth-order valence-corrected chi connectivity index (χ4v) is 3.39. The van der Waals surface area contributed by atoms with Gasteiger partial charge in [-0.3, -0.25) is 0 Å². The minimum atomic E-state index is 0.399. The third-order valence-electron chi connectivity index (χ3n) is 4.25. The summed E-state index contributed by atoms with van der Waals surface area (Å²) in [5.74, 6) is 1.13. The highest BCUT2D eigenvalue weighted by molar-refractivity contribution is 9.10. The Balaban J connectivity index is 2.32. The van der Waals surface area contributed by atoms with E-state index in [1.165, 1.54) is 29.5 Å². The van der Waals surface area contributed by atoms with Gasteiger partial charge in [-0.05, 0) is 97.2 Å². The molecular weight excluding hydrogens is 290 g/mol. The topological polar surface area (TPSA) is 32.3 Å². The molecule has 3 heteroatoms. The fraction of sp³-hybridized carbons (Fsp3) is 0.600. The molecule has 0 aliphatic carbocycles. The van der Waals surface area contributed by atoms with E-state index in [0.717, 1.165) is 35.5 Å². The van der Waals surface area contributed by atoms with Crippen molar-refractivity contribution in [1.82, 2.24) is 5.32 Å². The van der Waals surface area contributed by atoms with Crippen molar-refractivity contribution in [2.45, 2.75) is 40.0 Å². The van der Waals surface area contributed by atoms with Gasteiger partial charge in [-0.1, -0.05) is 0 Å². The number of benzene rings is 1. The first-order valence-electron chi connectivity index (χ1n) is 6.70. The summed E-state index contributed by atoms with van der Waals surface area (Å²) in [5, 5.41) is 13.5. The van der Waals surface area contributed by atoms with E-state index in [4.69, 9.17) is 0 Å². The lowest BCUT2D eigenvalue weighted by molar-refractivity contribution is 0.375. The molecule has 0 radical (unpaired) electrons. The quantitative estimate of drug-likeness (QED) is 0.874. The van der Waals surface area contributed by atoms with E-state index >= 15 is 0 Å². The second-order valence-electron chi connectivity index (χ2n) is 5.43. The smallest absolute Gasteiger partial charge is 0.133 e. The van der Waals surface area contributed by atoms with Gasteiger partial charge in [-0.15, -0.1) is 0 Å². The largest absolute Gasteiger partial charge is 0.506 e. The van der Waals surface area contributed by atoms with Crippen LogP contribution < -0.4 is 5.32 Å². The molecule has 1 aromatic rings. The first-order chi connectivity index (χ1) is 8.52. The Bertz CT molecular complexity index is 421. The molecule has 1 unspecified atom stereocenters. The van der Waals surface area contributed by atoms with Crippen LogP contribution >= 0.6 is 15.9 Å². The van der Waals surface area contributed by atoms with Crippen LogP contribution in [0.5, 0.6) is 5.75 Å². The molecule has 2 rings (SSSR count). The summed E-state index contributed by atoms with van der Waals surface area (Å²) in [7, 11) is 0. The Hall–Kier alpha value is -0.540. The molecule has 1 atom stereocenters. The highest BCUT2D eigenvalue weighted by Gasteiger charge is 2.19. The van der Waals surface area contributed by atoms with E-state index in [1.807, 2.05) is 6.92 Å². The van der Waals surface area contributed by atoms with Crippen LogP contribution in [0.25, 0.3) is 0 Å². The lowest BCUT2D eigenvalue weighted by atomic mass is 9.86. The molecule has 1 aliphatic heterocycles. The van der Waals surface area contributed by atoms with Crippen molar-refractivity contribution in [2.75, 3.05) is 13.1 Å². The Labute approximate surface area is 118 Å². The van der Waals surface area contributed by atoms with E-state index < -0.39 is 0 Å².